The highest BCUT2D eigenvalue weighted by Gasteiger charge is 2.11. The molecule has 1 aromatic carbocycles. The number of hydrogen-bond acceptors (Lipinski definition) is 3. The topological polar surface area (TPSA) is 53.2 Å². The van der Waals surface area contributed by atoms with Gasteiger partial charge >= 0.3 is 0 Å². The van der Waals surface area contributed by atoms with Gasteiger partial charge < -0.3 is 16.0 Å². The van der Waals surface area contributed by atoms with Crippen molar-refractivity contribution in [2.75, 3.05) is 26.2 Å². The summed E-state index contributed by atoms with van der Waals surface area (Å²) in [6, 6.07) is 7.78. The van der Waals surface area contributed by atoms with Crippen LogP contribution in [0.2, 0.25) is 5.02 Å². The molecule has 4 nitrogen and oxygen atoms in total. The molecule has 0 saturated heterocycles. The van der Waals surface area contributed by atoms with Crippen LogP contribution in [0.5, 0.6) is 0 Å². The maximum absolute atomic E-state index is 11.9. The van der Waals surface area contributed by atoms with Crippen molar-refractivity contribution in [2.45, 2.75) is 51.0 Å². The second-order valence-corrected chi connectivity index (χ2v) is 6.95. The van der Waals surface area contributed by atoms with Gasteiger partial charge in [0.05, 0.1) is 0 Å². The third kappa shape index (κ3) is 7.65. The zero-order chi connectivity index (χ0) is 17.0. The van der Waals surface area contributed by atoms with Crippen LogP contribution < -0.4 is 16.0 Å². The van der Waals surface area contributed by atoms with Crippen molar-refractivity contribution < 1.29 is 4.79 Å². The highest BCUT2D eigenvalue weighted by molar-refractivity contribution is 6.30. The molecule has 24 heavy (non-hydrogen) atoms. The van der Waals surface area contributed by atoms with Gasteiger partial charge in [-0.15, -0.1) is 0 Å². The number of unbranched alkanes of at least 4 members (excludes halogenated alkanes) is 1. The van der Waals surface area contributed by atoms with E-state index in [0.29, 0.717) is 17.1 Å². The fourth-order valence-corrected chi connectivity index (χ4v) is 3.30. The summed E-state index contributed by atoms with van der Waals surface area (Å²) in [7, 11) is 0. The Morgan fingerprint density at radius 3 is 2.62 bits per heavy atom. The minimum absolute atomic E-state index is 0.0536. The minimum atomic E-state index is -0.0536. The van der Waals surface area contributed by atoms with Gasteiger partial charge in [-0.2, -0.15) is 0 Å². The summed E-state index contributed by atoms with van der Waals surface area (Å²) in [6.07, 6.45) is 8.90. The first-order valence-corrected chi connectivity index (χ1v) is 9.61. The van der Waals surface area contributed by atoms with Crippen molar-refractivity contribution in [3.63, 3.8) is 0 Å². The number of carbonyl (C=O) groups excluding carboxylic acids is 1. The van der Waals surface area contributed by atoms with Crippen molar-refractivity contribution in [3.8, 4) is 0 Å². The van der Waals surface area contributed by atoms with E-state index in [1.165, 1.54) is 32.1 Å². The molecule has 0 unspecified atom stereocenters. The van der Waals surface area contributed by atoms with E-state index in [9.17, 15) is 4.79 Å². The smallest absolute Gasteiger partial charge is 0.251 e. The molecule has 1 aromatic rings. The first-order chi connectivity index (χ1) is 11.8. The van der Waals surface area contributed by atoms with E-state index < -0.39 is 0 Å². The molecular formula is C19H30ClN3O. The van der Waals surface area contributed by atoms with Crippen LogP contribution >= 0.6 is 11.6 Å². The summed E-state index contributed by atoms with van der Waals surface area (Å²) in [6.45, 7) is 3.77. The lowest BCUT2D eigenvalue weighted by atomic mass is 9.95. The Morgan fingerprint density at radius 1 is 1.04 bits per heavy atom. The normalized spacial score (nSPS) is 15.4. The summed E-state index contributed by atoms with van der Waals surface area (Å²) in [5, 5.41) is 10.6. The maximum atomic E-state index is 11.9. The number of rotatable bonds is 10. The average Bonchev–Trinajstić information content (AvgIpc) is 2.61. The van der Waals surface area contributed by atoms with Gasteiger partial charge in [-0.1, -0.05) is 36.9 Å². The summed E-state index contributed by atoms with van der Waals surface area (Å²) in [4.78, 5) is 11.9. The van der Waals surface area contributed by atoms with Gasteiger partial charge in [-0.3, -0.25) is 4.79 Å². The number of carbonyl (C=O) groups is 1. The van der Waals surface area contributed by atoms with Gasteiger partial charge in [0, 0.05) is 36.3 Å². The van der Waals surface area contributed by atoms with Gasteiger partial charge in [0.1, 0.15) is 0 Å². The van der Waals surface area contributed by atoms with Gasteiger partial charge in [0.15, 0.2) is 0 Å². The highest BCUT2D eigenvalue weighted by atomic mass is 35.5. The van der Waals surface area contributed by atoms with E-state index in [1.807, 2.05) is 0 Å². The van der Waals surface area contributed by atoms with Gasteiger partial charge in [-0.25, -0.2) is 0 Å². The molecule has 134 valence electrons. The zero-order valence-corrected chi connectivity index (χ0v) is 15.2. The average molecular weight is 352 g/mol. The van der Waals surface area contributed by atoms with Crippen LogP contribution in [0.1, 0.15) is 55.3 Å². The third-order valence-electron chi connectivity index (χ3n) is 4.49. The molecule has 1 amide bonds. The summed E-state index contributed by atoms with van der Waals surface area (Å²) in [5.74, 6) is -0.0536. The van der Waals surface area contributed by atoms with E-state index in [-0.39, 0.29) is 5.91 Å². The fraction of sp³-hybridized carbons (Fsp3) is 0.632. The third-order valence-corrected chi connectivity index (χ3v) is 4.73. The van der Waals surface area contributed by atoms with Crippen LogP contribution in [0.25, 0.3) is 0 Å². The molecule has 0 radical (unpaired) electrons. The summed E-state index contributed by atoms with van der Waals surface area (Å²) >= 11 is 5.89. The quantitative estimate of drug-likeness (QED) is 0.566. The molecule has 1 aliphatic rings. The van der Waals surface area contributed by atoms with Gasteiger partial charge in [0.25, 0.3) is 5.91 Å². The molecule has 1 aliphatic carbocycles. The molecule has 0 bridgehead atoms. The Bertz CT molecular complexity index is 489. The molecule has 2 rings (SSSR count). The van der Waals surface area contributed by atoms with E-state index in [0.717, 1.165) is 38.5 Å². The summed E-state index contributed by atoms with van der Waals surface area (Å²) in [5.41, 5.74) is 0.620. The molecule has 5 heteroatoms. The molecule has 1 fully saturated rings. The van der Waals surface area contributed by atoms with E-state index in [4.69, 9.17) is 11.6 Å². The number of benzene rings is 1. The van der Waals surface area contributed by atoms with Gasteiger partial charge in [0.2, 0.25) is 0 Å². The van der Waals surface area contributed by atoms with E-state index in [2.05, 4.69) is 16.0 Å². The fourth-order valence-electron chi connectivity index (χ4n) is 3.11. The van der Waals surface area contributed by atoms with E-state index >= 15 is 0 Å². The van der Waals surface area contributed by atoms with Crippen LogP contribution in [0, 0.1) is 0 Å². The Kier molecular flexibility index (Phi) is 9.18. The Labute approximate surface area is 150 Å². The van der Waals surface area contributed by atoms with Crippen molar-refractivity contribution in [3.05, 3.63) is 34.9 Å². The first kappa shape index (κ1) is 19.2. The number of amides is 1. The van der Waals surface area contributed by atoms with Crippen LogP contribution in [0.4, 0.5) is 0 Å². The number of halogens is 1. The Hall–Kier alpha value is -1.10. The maximum Gasteiger partial charge on any atom is 0.251 e. The molecule has 0 aliphatic heterocycles. The monoisotopic (exact) mass is 351 g/mol. The number of hydrogen-bond donors (Lipinski definition) is 3. The van der Waals surface area contributed by atoms with Crippen molar-refractivity contribution in [2.24, 2.45) is 0 Å². The van der Waals surface area contributed by atoms with Crippen LogP contribution in [-0.2, 0) is 0 Å². The lowest BCUT2D eigenvalue weighted by Gasteiger charge is -2.22. The molecule has 0 spiro atoms. The van der Waals surface area contributed by atoms with Crippen molar-refractivity contribution in [1.29, 1.82) is 0 Å². The highest BCUT2D eigenvalue weighted by Crippen LogP contribution is 2.16. The second kappa shape index (κ2) is 11.5. The standard InChI is InChI=1S/C19H30ClN3O/c20-17-8-6-7-16(15-17)19(24)23-12-5-4-11-21-13-14-22-18-9-2-1-3-10-18/h6-8,15,18,21-22H,1-5,9-14H2,(H,23,24). The lowest BCUT2D eigenvalue weighted by molar-refractivity contribution is 0.0953. The largest absolute Gasteiger partial charge is 0.352 e. The van der Waals surface area contributed by atoms with Crippen LogP contribution in [0.3, 0.4) is 0 Å². The Balaban J connectivity index is 1.42. The Morgan fingerprint density at radius 2 is 1.83 bits per heavy atom. The molecule has 3 N–H and O–H groups in total. The molecule has 0 heterocycles. The first-order valence-electron chi connectivity index (χ1n) is 9.23. The molecule has 1 saturated carbocycles. The zero-order valence-electron chi connectivity index (χ0n) is 14.5. The molecule has 0 aromatic heterocycles. The van der Waals surface area contributed by atoms with Crippen LogP contribution in [-0.4, -0.2) is 38.1 Å². The lowest BCUT2D eigenvalue weighted by Crippen LogP contribution is -2.36. The molecule has 0 atom stereocenters. The number of nitrogens with one attached hydrogen (secondary N) is 3. The van der Waals surface area contributed by atoms with Crippen molar-refractivity contribution in [1.82, 2.24) is 16.0 Å². The molecular weight excluding hydrogens is 322 g/mol. The predicted octanol–water partition coefficient (Wildman–Crippen LogP) is 3.36. The second-order valence-electron chi connectivity index (χ2n) is 6.51. The van der Waals surface area contributed by atoms with E-state index in [1.54, 1.807) is 24.3 Å². The SMILES string of the molecule is O=C(NCCCCNCCNC1CCCCC1)c1cccc(Cl)c1. The van der Waals surface area contributed by atoms with Crippen LogP contribution in [0.15, 0.2) is 24.3 Å². The van der Waals surface area contributed by atoms with Crippen molar-refractivity contribution >= 4 is 17.5 Å². The summed E-state index contributed by atoms with van der Waals surface area (Å²) < 4.78 is 0. The predicted molar refractivity (Wildman–Crippen MR) is 101 cm³/mol. The van der Waals surface area contributed by atoms with Gasteiger partial charge in [-0.05, 0) is 50.4 Å². The minimum Gasteiger partial charge on any atom is -0.352 e.